The zero-order valence-corrected chi connectivity index (χ0v) is 11.9. The molecule has 1 aromatic carbocycles. The molecule has 102 valence electrons. The predicted molar refractivity (Wildman–Crippen MR) is 78.6 cm³/mol. The average Bonchev–Trinajstić information content (AvgIpc) is 2.72. The van der Waals surface area contributed by atoms with E-state index in [0.717, 1.165) is 22.5 Å². The number of hydrogen-bond acceptors (Lipinski definition) is 2. The molecule has 0 fully saturated rings. The molecule has 0 saturated carbocycles. The molecule has 0 saturated heterocycles. The quantitative estimate of drug-likeness (QED) is 0.670. The molecule has 0 aliphatic rings. The minimum absolute atomic E-state index is 0.300. The van der Waals surface area contributed by atoms with Crippen molar-refractivity contribution in [3.05, 3.63) is 58.4 Å². The molecule has 3 nitrogen and oxygen atoms in total. The minimum Gasteiger partial charge on any atom is -0.462 e. The van der Waals surface area contributed by atoms with Crippen molar-refractivity contribution in [3.8, 4) is 11.8 Å². The SMILES string of the molecule is CCOC(=O)c1c(C)[nH]c(C#Cc2ccccc2)c1C. The maximum Gasteiger partial charge on any atom is 0.340 e. The van der Waals surface area contributed by atoms with Crippen LogP contribution in [-0.2, 0) is 4.74 Å². The van der Waals surface area contributed by atoms with Gasteiger partial charge < -0.3 is 9.72 Å². The summed E-state index contributed by atoms with van der Waals surface area (Å²) in [5, 5.41) is 0. The first-order valence-electron chi connectivity index (χ1n) is 6.56. The topological polar surface area (TPSA) is 42.1 Å². The van der Waals surface area contributed by atoms with Gasteiger partial charge in [0.25, 0.3) is 0 Å². The van der Waals surface area contributed by atoms with Gasteiger partial charge in [-0.3, -0.25) is 0 Å². The van der Waals surface area contributed by atoms with Crippen LogP contribution in [0.25, 0.3) is 0 Å². The maximum atomic E-state index is 11.9. The second kappa shape index (κ2) is 6.12. The van der Waals surface area contributed by atoms with Crippen molar-refractivity contribution in [1.29, 1.82) is 0 Å². The average molecular weight is 267 g/mol. The van der Waals surface area contributed by atoms with E-state index in [0.29, 0.717) is 12.2 Å². The lowest BCUT2D eigenvalue weighted by molar-refractivity contribution is 0.0525. The zero-order chi connectivity index (χ0) is 14.5. The monoisotopic (exact) mass is 267 g/mol. The first kappa shape index (κ1) is 14.0. The molecule has 0 spiro atoms. The third kappa shape index (κ3) is 2.92. The number of hydrogen-bond donors (Lipinski definition) is 1. The summed E-state index contributed by atoms with van der Waals surface area (Å²) in [5.74, 6) is 5.85. The van der Waals surface area contributed by atoms with E-state index in [1.807, 2.05) is 44.2 Å². The summed E-state index contributed by atoms with van der Waals surface area (Å²) in [5.41, 5.74) is 3.91. The Morgan fingerprint density at radius 3 is 2.55 bits per heavy atom. The van der Waals surface area contributed by atoms with Gasteiger partial charge in [0.1, 0.15) is 0 Å². The highest BCUT2D eigenvalue weighted by atomic mass is 16.5. The lowest BCUT2D eigenvalue weighted by Gasteiger charge is -2.01. The fraction of sp³-hybridized carbons (Fsp3) is 0.235. The van der Waals surface area contributed by atoms with Crippen LogP contribution in [0.5, 0.6) is 0 Å². The van der Waals surface area contributed by atoms with E-state index in [-0.39, 0.29) is 5.97 Å². The van der Waals surface area contributed by atoms with Crippen molar-refractivity contribution in [2.75, 3.05) is 6.61 Å². The van der Waals surface area contributed by atoms with Crippen LogP contribution in [0.4, 0.5) is 0 Å². The van der Waals surface area contributed by atoms with Crippen LogP contribution < -0.4 is 0 Å². The van der Waals surface area contributed by atoms with Gasteiger partial charge in [-0.05, 0) is 44.4 Å². The summed E-state index contributed by atoms with van der Waals surface area (Å²) in [6.07, 6.45) is 0. The van der Waals surface area contributed by atoms with Crippen LogP contribution in [0.3, 0.4) is 0 Å². The van der Waals surface area contributed by atoms with Gasteiger partial charge in [0.05, 0.1) is 17.9 Å². The van der Waals surface area contributed by atoms with Crippen LogP contribution >= 0.6 is 0 Å². The van der Waals surface area contributed by atoms with E-state index in [4.69, 9.17) is 4.74 Å². The van der Waals surface area contributed by atoms with Crippen LogP contribution in [0.1, 0.15) is 39.8 Å². The van der Waals surface area contributed by atoms with Crippen molar-refractivity contribution < 1.29 is 9.53 Å². The number of ether oxygens (including phenoxy) is 1. The smallest absolute Gasteiger partial charge is 0.340 e. The van der Waals surface area contributed by atoms with E-state index in [1.54, 1.807) is 6.92 Å². The second-order valence-corrected chi connectivity index (χ2v) is 4.46. The summed E-state index contributed by atoms with van der Waals surface area (Å²) in [6, 6.07) is 9.74. The Morgan fingerprint density at radius 2 is 1.90 bits per heavy atom. The molecular weight excluding hydrogens is 250 g/mol. The van der Waals surface area contributed by atoms with E-state index in [9.17, 15) is 4.79 Å². The van der Waals surface area contributed by atoms with Crippen molar-refractivity contribution in [3.63, 3.8) is 0 Å². The van der Waals surface area contributed by atoms with Crippen LogP contribution in [0.15, 0.2) is 30.3 Å². The van der Waals surface area contributed by atoms with Gasteiger partial charge in [0.15, 0.2) is 0 Å². The number of aromatic amines is 1. The Bertz CT molecular complexity index is 672. The normalized spacial score (nSPS) is 9.75. The number of rotatable bonds is 2. The molecule has 0 radical (unpaired) electrons. The molecule has 0 aliphatic heterocycles. The summed E-state index contributed by atoms with van der Waals surface area (Å²) in [7, 11) is 0. The number of carbonyl (C=O) groups excluding carboxylic acids is 1. The number of esters is 1. The lowest BCUT2D eigenvalue weighted by Crippen LogP contribution is -2.06. The molecular formula is C17H17NO2. The fourth-order valence-corrected chi connectivity index (χ4v) is 2.04. The third-order valence-corrected chi connectivity index (χ3v) is 3.02. The van der Waals surface area contributed by atoms with Crippen LogP contribution in [0.2, 0.25) is 0 Å². The maximum absolute atomic E-state index is 11.9. The van der Waals surface area contributed by atoms with Crippen molar-refractivity contribution in [1.82, 2.24) is 4.98 Å². The Hall–Kier alpha value is -2.47. The zero-order valence-electron chi connectivity index (χ0n) is 11.9. The largest absolute Gasteiger partial charge is 0.462 e. The predicted octanol–water partition coefficient (Wildman–Crippen LogP) is 3.21. The Labute approximate surface area is 119 Å². The molecule has 0 unspecified atom stereocenters. The van der Waals surface area contributed by atoms with Gasteiger partial charge in [-0.2, -0.15) is 0 Å². The molecule has 1 heterocycles. The number of aryl methyl sites for hydroxylation is 1. The van der Waals surface area contributed by atoms with Gasteiger partial charge in [-0.15, -0.1) is 0 Å². The number of carbonyl (C=O) groups is 1. The number of aromatic nitrogens is 1. The summed E-state index contributed by atoms with van der Waals surface area (Å²) < 4.78 is 5.06. The second-order valence-electron chi connectivity index (χ2n) is 4.46. The number of benzene rings is 1. The highest BCUT2D eigenvalue weighted by molar-refractivity contribution is 5.93. The molecule has 2 rings (SSSR count). The van der Waals surface area contributed by atoms with Crippen molar-refractivity contribution in [2.24, 2.45) is 0 Å². The first-order valence-corrected chi connectivity index (χ1v) is 6.56. The number of H-pyrrole nitrogens is 1. The Morgan fingerprint density at radius 1 is 1.20 bits per heavy atom. The molecule has 2 aromatic rings. The molecule has 20 heavy (non-hydrogen) atoms. The Balaban J connectivity index is 2.34. The summed E-state index contributed by atoms with van der Waals surface area (Å²) in [4.78, 5) is 15.0. The van der Waals surface area contributed by atoms with Gasteiger partial charge in [0.2, 0.25) is 0 Å². The third-order valence-electron chi connectivity index (χ3n) is 3.02. The summed E-state index contributed by atoms with van der Waals surface area (Å²) in [6.45, 7) is 5.90. The molecule has 0 atom stereocenters. The molecule has 1 N–H and O–H groups in total. The lowest BCUT2D eigenvalue weighted by atomic mass is 10.1. The molecule has 0 bridgehead atoms. The van der Waals surface area contributed by atoms with Gasteiger partial charge >= 0.3 is 5.97 Å². The standard InChI is InChI=1S/C17H17NO2/c1-4-20-17(19)16-12(2)15(18-13(16)3)11-10-14-8-6-5-7-9-14/h5-9,18H,4H2,1-3H3. The Kier molecular flexibility index (Phi) is 4.27. The summed E-state index contributed by atoms with van der Waals surface area (Å²) >= 11 is 0. The minimum atomic E-state index is -0.300. The van der Waals surface area contributed by atoms with Crippen molar-refractivity contribution >= 4 is 5.97 Å². The highest BCUT2D eigenvalue weighted by Gasteiger charge is 2.18. The van der Waals surface area contributed by atoms with Gasteiger partial charge in [0, 0.05) is 11.3 Å². The van der Waals surface area contributed by atoms with Gasteiger partial charge in [-0.25, -0.2) is 4.79 Å². The van der Waals surface area contributed by atoms with Crippen LogP contribution in [-0.4, -0.2) is 17.6 Å². The highest BCUT2D eigenvalue weighted by Crippen LogP contribution is 2.18. The van der Waals surface area contributed by atoms with E-state index in [2.05, 4.69) is 16.8 Å². The van der Waals surface area contributed by atoms with E-state index >= 15 is 0 Å². The van der Waals surface area contributed by atoms with E-state index in [1.165, 1.54) is 0 Å². The molecule has 1 aromatic heterocycles. The number of nitrogens with one attached hydrogen (secondary N) is 1. The fourth-order valence-electron chi connectivity index (χ4n) is 2.04. The van der Waals surface area contributed by atoms with Crippen molar-refractivity contribution in [2.45, 2.75) is 20.8 Å². The molecule has 0 aliphatic carbocycles. The van der Waals surface area contributed by atoms with Crippen LogP contribution in [0, 0.1) is 25.7 Å². The first-order chi connectivity index (χ1) is 9.63. The van der Waals surface area contributed by atoms with Gasteiger partial charge in [-0.1, -0.05) is 24.1 Å². The van der Waals surface area contributed by atoms with E-state index < -0.39 is 0 Å². The molecule has 0 amide bonds. The molecule has 3 heteroatoms.